The summed E-state index contributed by atoms with van der Waals surface area (Å²) in [6, 6.07) is 3.86. The number of alkyl carbamates (subject to hydrolysis) is 1. The Morgan fingerprint density at radius 3 is 2.18 bits per heavy atom. The van der Waals surface area contributed by atoms with Crippen molar-refractivity contribution in [1.82, 2.24) is 15.5 Å². The highest BCUT2D eigenvalue weighted by molar-refractivity contribution is 5.93. The Bertz CT molecular complexity index is 976. The minimum absolute atomic E-state index is 0.0343. The lowest BCUT2D eigenvalue weighted by atomic mass is 9.92. The van der Waals surface area contributed by atoms with E-state index in [2.05, 4.69) is 10.6 Å². The first-order chi connectivity index (χ1) is 17.7. The van der Waals surface area contributed by atoms with Crippen LogP contribution in [0.3, 0.4) is 0 Å². The molecule has 1 saturated carbocycles. The van der Waals surface area contributed by atoms with Gasteiger partial charge in [-0.15, -0.1) is 0 Å². The van der Waals surface area contributed by atoms with Crippen LogP contribution in [-0.4, -0.2) is 59.6 Å². The summed E-state index contributed by atoms with van der Waals surface area (Å²) in [6.45, 7) is 15.2. The maximum atomic E-state index is 14.2. The van der Waals surface area contributed by atoms with E-state index in [-0.39, 0.29) is 43.3 Å². The molecule has 0 radical (unpaired) electrons. The lowest BCUT2D eigenvalue weighted by molar-refractivity contribution is -0.145. The third kappa shape index (κ3) is 9.33. The minimum Gasteiger partial charge on any atom is -0.466 e. The van der Waals surface area contributed by atoms with Crippen LogP contribution in [0.5, 0.6) is 0 Å². The number of nitrogens with one attached hydrogen (secondary N) is 2. The smallest absolute Gasteiger partial charge is 0.408 e. The van der Waals surface area contributed by atoms with Crippen molar-refractivity contribution in [3.05, 3.63) is 34.9 Å². The Labute approximate surface area is 227 Å². The Hall–Kier alpha value is -3.10. The molecule has 2 atom stereocenters. The highest BCUT2D eigenvalue weighted by Crippen LogP contribution is 2.38. The van der Waals surface area contributed by atoms with E-state index in [4.69, 9.17) is 9.47 Å². The zero-order valence-corrected chi connectivity index (χ0v) is 24.2. The second-order valence-electron chi connectivity index (χ2n) is 11.4. The maximum absolute atomic E-state index is 14.2. The third-order valence-corrected chi connectivity index (χ3v) is 6.17. The topological polar surface area (TPSA) is 114 Å². The van der Waals surface area contributed by atoms with Gasteiger partial charge in [0.1, 0.15) is 17.7 Å². The molecule has 1 aromatic rings. The van der Waals surface area contributed by atoms with E-state index >= 15 is 0 Å². The molecule has 1 fully saturated rings. The highest BCUT2D eigenvalue weighted by Gasteiger charge is 2.45. The number of hydrogen-bond donors (Lipinski definition) is 2. The van der Waals surface area contributed by atoms with Gasteiger partial charge < -0.3 is 25.0 Å². The van der Waals surface area contributed by atoms with Gasteiger partial charge >= 0.3 is 12.1 Å². The Balaban J connectivity index is 2.44. The molecule has 0 saturated heterocycles. The van der Waals surface area contributed by atoms with Gasteiger partial charge in [0.25, 0.3) is 0 Å². The molecule has 9 heteroatoms. The van der Waals surface area contributed by atoms with E-state index in [1.807, 2.05) is 45.9 Å². The van der Waals surface area contributed by atoms with E-state index in [0.29, 0.717) is 6.42 Å². The summed E-state index contributed by atoms with van der Waals surface area (Å²) in [5.74, 6) is -0.977. The van der Waals surface area contributed by atoms with Crippen molar-refractivity contribution in [2.24, 2.45) is 5.92 Å². The predicted molar refractivity (Wildman–Crippen MR) is 145 cm³/mol. The van der Waals surface area contributed by atoms with Crippen molar-refractivity contribution in [2.75, 3.05) is 13.2 Å². The predicted octanol–water partition coefficient (Wildman–Crippen LogP) is 4.34. The van der Waals surface area contributed by atoms with Crippen LogP contribution in [0.1, 0.15) is 90.0 Å². The molecular weight excluding hydrogens is 486 g/mol. The summed E-state index contributed by atoms with van der Waals surface area (Å²) in [6.07, 6.45) is 1.29. The molecule has 9 nitrogen and oxygen atoms in total. The first-order valence-corrected chi connectivity index (χ1v) is 13.6. The van der Waals surface area contributed by atoms with Crippen molar-refractivity contribution in [3.8, 4) is 0 Å². The fourth-order valence-electron chi connectivity index (χ4n) is 4.47. The summed E-state index contributed by atoms with van der Waals surface area (Å²) in [7, 11) is 0. The summed E-state index contributed by atoms with van der Waals surface area (Å²) < 4.78 is 10.4. The van der Waals surface area contributed by atoms with Crippen LogP contribution in [0.2, 0.25) is 0 Å². The monoisotopic (exact) mass is 531 g/mol. The number of aryl methyl sites for hydroxylation is 2. The number of esters is 1. The van der Waals surface area contributed by atoms with Crippen LogP contribution in [0.15, 0.2) is 18.2 Å². The third-order valence-electron chi connectivity index (χ3n) is 6.17. The van der Waals surface area contributed by atoms with Crippen molar-refractivity contribution < 1.29 is 28.7 Å². The molecule has 3 amide bonds. The van der Waals surface area contributed by atoms with Crippen LogP contribution >= 0.6 is 0 Å². The molecule has 2 rings (SSSR count). The highest BCUT2D eigenvalue weighted by atomic mass is 16.6. The van der Waals surface area contributed by atoms with Crippen molar-refractivity contribution >= 4 is 23.9 Å². The summed E-state index contributed by atoms with van der Waals surface area (Å²) >= 11 is 0. The number of hydrogen-bond acceptors (Lipinski definition) is 6. The molecule has 1 aliphatic carbocycles. The molecule has 2 unspecified atom stereocenters. The van der Waals surface area contributed by atoms with Gasteiger partial charge in [-0.05, 0) is 83.4 Å². The molecule has 2 N–H and O–H groups in total. The van der Waals surface area contributed by atoms with E-state index in [1.165, 1.54) is 0 Å². The number of amides is 3. The molecule has 212 valence electrons. The number of ether oxygens (including phenoxy) is 2. The lowest BCUT2D eigenvalue weighted by Gasteiger charge is -2.36. The Morgan fingerprint density at radius 1 is 1.08 bits per heavy atom. The summed E-state index contributed by atoms with van der Waals surface area (Å²) in [5, 5.41) is 5.62. The molecule has 1 aliphatic rings. The molecule has 0 spiro atoms. The number of nitrogens with zero attached hydrogens (tertiary/aromatic N) is 1. The van der Waals surface area contributed by atoms with E-state index in [9.17, 15) is 19.2 Å². The van der Waals surface area contributed by atoms with Gasteiger partial charge in [0.2, 0.25) is 11.8 Å². The zero-order chi connectivity index (χ0) is 28.6. The number of carbonyl (C=O) groups is 4. The SMILES string of the molecule is CCOC(=O)CCNC(=O)C(c1c(C)cccc1C)N(C(=O)C(CC(C)C)NC(=O)OC(C)(C)C)C1CC1. The van der Waals surface area contributed by atoms with Crippen LogP contribution in [0, 0.1) is 19.8 Å². The summed E-state index contributed by atoms with van der Waals surface area (Å²) in [5.41, 5.74) is 1.80. The van der Waals surface area contributed by atoms with E-state index < -0.39 is 29.7 Å². The maximum Gasteiger partial charge on any atom is 0.408 e. The van der Waals surface area contributed by atoms with E-state index in [1.54, 1.807) is 32.6 Å². The lowest BCUT2D eigenvalue weighted by Crippen LogP contribution is -2.54. The van der Waals surface area contributed by atoms with Gasteiger partial charge in [-0.25, -0.2) is 4.79 Å². The summed E-state index contributed by atoms with van der Waals surface area (Å²) in [4.78, 5) is 54.1. The minimum atomic E-state index is -0.909. The molecule has 0 aromatic heterocycles. The van der Waals surface area contributed by atoms with Gasteiger partial charge in [-0.1, -0.05) is 32.0 Å². The van der Waals surface area contributed by atoms with Crippen LogP contribution < -0.4 is 10.6 Å². The first kappa shape index (κ1) is 31.1. The number of benzene rings is 1. The number of carbonyl (C=O) groups excluding carboxylic acids is 4. The normalized spacial score (nSPS) is 14.9. The molecule has 38 heavy (non-hydrogen) atoms. The van der Waals surface area contributed by atoms with Gasteiger partial charge in [0.15, 0.2) is 0 Å². The van der Waals surface area contributed by atoms with Gasteiger partial charge in [-0.3, -0.25) is 14.4 Å². The van der Waals surface area contributed by atoms with Crippen LogP contribution in [0.4, 0.5) is 4.79 Å². The Morgan fingerprint density at radius 2 is 1.68 bits per heavy atom. The van der Waals surface area contributed by atoms with Gasteiger partial charge in [-0.2, -0.15) is 0 Å². The standard InChI is InChI=1S/C29H45N3O6/c1-9-37-23(33)15-16-30-26(34)25(24-19(4)11-10-12-20(24)5)32(21-13-14-21)27(35)22(17-18(2)3)31-28(36)38-29(6,7)8/h10-12,18,21-22,25H,9,13-17H2,1-8H3,(H,30,34)(H,31,36). The molecule has 0 bridgehead atoms. The van der Waals surface area contributed by atoms with E-state index in [0.717, 1.165) is 29.5 Å². The quantitative estimate of drug-likeness (QED) is 0.388. The van der Waals surface area contributed by atoms with Gasteiger partial charge in [0, 0.05) is 12.6 Å². The largest absolute Gasteiger partial charge is 0.466 e. The average Bonchev–Trinajstić information content (AvgIpc) is 3.61. The first-order valence-electron chi connectivity index (χ1n) is 13.6. The van der Waals surface area contributed by atoms with Crippen molar-refractivity contribution in [1.29, 1.82) is 0 Å². The zero-order valence-electron chi connectivity index (χ0n) is 24.2. The Kier molecular flexibility index (Phi) is 11.2. The fourth-order valence-corrected chi connectivity index (χ4v) is 4.47. The van der Waals surface area contributed by atoms with Crippen molar-refractivity contribution in [3.63, 3.8) is 0 Å². The molecule has 0 aliphatic heterocycles. The number of rotatable bonds is 12. The van der Waals surface area contributed by atoms with Crippen LogP contribution in [0.25, 0.3) is 0 Å². The van der Waals surface area contributed by atoms with Gasteiger partial charge in [0.05, 0.1) is 13.0 Å². The second-order valence-corrected chi connectivity index (χ2v) is 11.4. The molecule has 0 heterocycles. The molecule has 1 aromatic carbocycles. The molecular formula is C29H45N3O6. The second kappa shape index (κ2) is 13.6. The van der Waals surface area contributed by atoms with Crippen molar-refractivity contribution in [2.45, 2.75) is 105 Å². The van der Waals surface area contributed by atoms with Crippen LogP contribution in [-0.2, 0) is 23.9 Å². The average molecular weight is 532 g/mol. The fraction of sp³-hybridized carbons (Fsp3) is 0.655.